The summed E-state index contributed by atoms with van der Waals surface area (Å²) in [7, 11) is 1.93. The molecule has 0 unspecified atom stereocenters. The Kier molecular flexibility index (Phi) is 9.54. The van der Waals surface area contributed by atoms with Crippen LogP contribution in [0.25, 0.3) is 0 Å². The normalized spacial score (nSPS) is 17.0. The topological polar surface area (TPSA) is 40.5 Å². The molecule has 0 rings (SSSR count). The maximum atomic E-state index is 12.5. The molecule has 3 heteroatoms. The fourth-order valence-electron chi connectivity index (χ4n) is 2.49. The number of carbonyl (C=O) groups excluding carboxylic acids is 1. The molecule has 0 aromatic carbocycles. The standard InChI is InChI=1S/C19H35NO2/c1-9-10-15(6)11-12-16(7)19(22)17(18(21)13(2)3)20(8)14(4)5/h9-10,13-14,16-17,19,22H,1,11-12H2,2-8H3/t16-,17-,19-/m1/s1. The maximum Gasteiger partial charge on any atom is 0.155 e. The molecule has 0 aliphatic carbocycles. The molecule has 0 saturated heterocycles. The van der Waals surface area contributed by atoms with Crippen molar-refractivity contribution < 1.29 is 9.90 Å². The lowest BCUT2D eigenvalue weighted by atomic mass is 9.86. The van der Waals surface area contributed by atoms with Gasteiger partial charge in [0.2, 0.25) is 0 Å². The molecule has 3 nitrogen and oxygen atoms in total. The van der Waals surface area contributed by atoms with Gasteiger partial charge in [-0.1, -0.05) is 45.1 Å². The summed E-state index contributed by atoms with van der Waals surface area (Å²) in [5.74, 6) is 0.117. The number of nitrogens with zero attached hydrogens (tertiary/aromatic N) is 1. The summed E-state index contributed by atoms with van der Waals surface area (Å²) in [5, 5.41) is 10.8. The van der Waals surface area contributed by atoms with Crippen LogP contribution in [0.5, 0.6) is 0 Å². The number of carbonyl (C=O) groups is 1. The Morgan fingerprint density at radius 2 is 1.77 bits per heavy atom. The minimum atomic E-state index is -0.640. The SMILES string of the molecule is C=CC=C(C)CC[C@@H](C)[C@@H](O)[C@@H](C(=O)C(C)C)N(C)C(C)C. The van der Waals surface area contributed by atoms with Crippen LogP contribution in [0.3, 0.4) is 0 Å². The van der Waals surface area contributed by atoms with E-state index in [1.807, 2.05) is 38.8 Å². The second-order valence-electron chi connectivity index (χ2n) is 7.02. The highest BCUT2D eigenvalue weighted by Crippen LogP contribution is 2.23. The average Bonchev–Trinajstić information content (AvgIpc) is 2.44. The van der Waals surface area contributed by atoms with Crippen LogP contribution in [-0.2, 0) is 4.79 Å². The van der Waals surface area contributed by atoms with E-state index in [1.165, 1.54) is 5.57 Å². The molecule has 22 heavy (non-hydrogen) atoms. The van der Waals surface area contributed by atoms with Crippen molar-refractivity contribution in [2.45, 2.75) is 72.6 Å². The van der Waals surface area contributed by atoms with Crippen molar-refractivity contribution in [3.63, 3.8) is 0 Å². The number of ketones is 1. The monoisotopic (exact) mass is 309 g/mol. The van der Waals surface area contributed by atoms with Gasteiger partial charge in [-0.05, 0) is 46.6 Å². The van der Waals surface area contributed by atoms with Crippen molar-refractivity contribution in [3.05, 3.63) is 24.3 Å². The number of likely N-dealkylation sites (N-methyl/N-ethyl adjacent to an activating group) is 1. The second kappa shape index (κ2) is 9.96. The van der Waals surface area contributed by atoms with Gasteiger partial charge in [0.15, 0.2) is 5.78 Å². The fraction of sp³-hybridized carbons (Fsp3) is 0.737. The van der Waals surface area contributed by atoms with Crippen LogP contribution in [0.15, 0.2) is 24.3 Å². The van der Waals surface area contributed by atoms with Crippen molar-refractivity contribution in [1.82, 2.24) is 4.90 Å². The van der Waals surface area contributed by atoms with Gasteiger partial charge < -0.3 is 5.11 Å². The van der Waals surface area contributed by atoms with Crippen molar-refractivity contribution in [2.75, 3.05) is 7.05 Å². The summed E-state index contributed by atoms with van der Waals surface area (Å²) >= 11 is 0. The van der Waals surface area contributed by atoms with E-state index < -0.39 is 12.1 Å². The molecular formula is C19H35NO2. The van der Waals surface area contributed by atoms with Crippen LogP contribution in [0.1, 0.15) is 54.4 Å². The van der Waals surface area contributed by atoms with Gasteiger partial charge in [-0.2, -0.15) is 0 Å². The first-order chi connectivity index (χ1) is 10.1. The molecule has 0 aromatic heterocycles. The largest absolute Gasteiger partial charge is 0.391 e. The summed E-state index contributed by atoms with van der Waals surface area (Å²) in [6.45, 7) is 15.7. The van der Waals surface area contributed by atoms with E-state index in [0.717, 1.165) is 12.8 Å². The molecule has 0 aliphatic rings. The molecule has 0 saturated carbocycles. The highest BCUT2D eigenvalue weighted by atomic mass is 16.3. The number of Topliss-reactive ketones (excluding diaryl/α,β-unsaturated/α-hetero) is 1. The molecule has 3 atom stereocenters. The summed E-state index contributed by atoms with van der Waals surface area (Å²) in [4.78, 5) is 14.5. The van der Waals surface area contributed by atoms with Crippen LogP contribution in [0.4, 0.5) is 0 Å². The quantitative estimate of drug-likeness (QED) is 0.624. The first-order valence-corrected chi connectivity index (χ1v) is 8.35. The molecular weight excluding hydrogens is 274 g/mol. The molecule has 0 bridgehead atoms. The zero-order valence-corrected chi connectivity index (χ0v) is 15.5. The summed E-state index contributed by atoms with van der Waals surface area (Å²) < 4.78 is 0. The van der Waals surface area contributed by atoms with Gasteiger partial charge >= 0.3 is 0 Å². The number of hydrogen-bond donors (Lipinski definition) is 1. The van der Waals surface area contributed by atoms with Gasteiger partial charge in [-0.25, -0.2) is 0 Å². The third-order valence-electron chi connectivity index (χ3n) is 4.42. The lowest BCUT2D eigenvalue weighted by molar-refractivity contribution is -0.133. The fourth-order valence-corrected chi connectivity index (χ4v) is 2.49. The van der Waals surface area contributed by atoms with E-state index in [1.54, 1.807) is 6.08 Å². The Bertz CT molecular complexity index is 385. The van der Waals surface area contributed by atoms with Crippen LogP contribution < -0.4 is 0 Å². The van der Waals surface area contributed by atoms with Gasteiger partial charge in [0.1, 0.15) is 0 Å². The van der Waals surface area contributed by atoms with E-state index in [4.69, 9.17) is 0 Å². The highest BCUT2D eigenvalue weighted by molar-refractivity contribution is 5.86. The van der Waals surface area contributed by atoms with E-state index >= 15 is 0 Å². The average molecular weight is 309 g/mol. The lowest BCUT2D eigenvalue weighted by Crippen LogP contribution is -2.53. The van der Waals surface area contributed by atoms with Gasteiger partial charge in [-0.15, -0.1) is 0 Å². The van der Waals surface area contributed by atoms with Crippen LogP contribution in [0, 0.1) is 11.8 Å². The third-order valence-corrected chi connectivity index (χ3v) is 4.42. The highest BCUT2D eigenvalue weighted by Gasteiger charge is 2.35. The molecule has 1 N–H and O–H groups in total. The Morgan fingerprint density at radius 1 is 1.23 bits per heavy atom. The number of aliphatic hydroxyl groups excluding tert-OH is 1. The van der Waals surface area contributed by atoms with Crippen molar-refractivity contribution in [2.24, 2.45) is 11.8 Å². The van der Waals surface area contributed by atoms with Gasteiger partial charge in [0, 0.05) is 12.0 Å². The number of aliphatic hydroxyl groups is 1. The van der Waals surface area contributed by atoms with Crippen molar-refractivity contribution in [3.8, 4) is 0 Å². The number of allylic oxidation sites excluding steroid dienone is 3. The Morgan fingerprint density at radius 3 is 2.18 bits per heavy atom. The molecule has 0 heterocycles. The Hall–Kier alpha value is -0.930. The van der Waals surface area contributed by atoms with Crippen LogP contribution in [0.2, 0.25) is 0 Å². The Balaban J connectivity index is 5.02. The molecule has 0 aliphatic heterocycles. The molecule has 128 valence electrons. The van der Waals surface area contributed by atoms with E-state index in [-0.39, 0.29) is 23.7 Å². The second-order valence-corrected chi connectivity index (χ2v) is 7.02. The molecule has 0 aromatic rings. The summed E-state index contributed by atoms with van der Waals surface area (Å²) in [6.07, 6.45) is 4.92. The maximum absolute atomic E-state index is 12.5. The minimum Gasteiger partial charge on any atom is -0.391 e. The van der Waals surface area contributed by atoms with Gasteiger partial charge in [0.25, 0.3) is 0 Å². The molecule has 0 radical (unpaired) electrons. The first-order valence-electron chi connectivity index (χ1n) is 8.35. The van der Waals surface area contributed by atoms with E-state index in [2.05, 4.69) is 27.4 Å². The van der Waals surface area contributed by atoms with Crippen LogP contribution >= 0.6 is 0 Å². The zero-order chi connectivity index (χ0) is 17.4. The predicted molar refractivity (Wildman–Crippen MR) is 94.9 cm³/mol. The van der Waals surface area contributed by atoms with Gasteiger partial charge in [-0.3, -0.25) is 9.69 Å². The molecule has 0 fully saturated rings. The third kappa shape index (κ3) is 6.45. The van der Waals surface area contributed by atoms with Crippen LogP contribution in [-0.4, -0.2) is 41.0 Å². The lowest BCUT2D eigenvalue weighted by Gasteiger charge is -2.37. The summed E-state index contributed by atoms with van der Waals surface area (Å²) in [6, 6.07) is -0.212. The summed E-state index contributed by atoms with van der Waals surface area (Å²) in [5.41, 5.74) is 1.25. The van der Waals surface area contributed by atoms with E-state index in [9.17, 15) is 9.90 Å². The smallest absolute Gasteiger partial charge is 0.155 e. The van der Waals surface area contributed by atoms with Gasteiger partial charge in [0.05, 0.1) is 12.1 Å². The molecule has 0 spiro atoms. The Labute approximate surface area is 137 Å². The van der Waals surface area contributed by atoms with Crippen molar-refractivity contribution >= 4 is 5.78 Å². The zero-order valence-electron chi connectivity index (χ0n) is 15.5. The van der Waals surface area contributed by atoms with E-state index in [0.29, 0.717) is 0 Å². The number of hydrogen-bond acceptors (Lipinski definition) is 3. The van der Waals surface area contributed by atoms with Crippen molar-refractivity contribution in [1.29, 1.82) is 0 Å². The predicted octanol–water partition coefficient (Wildman–Crippen LogP) is 3.83. The minimum absolute atomic E-state index is 0.0714. The number of rotatable bonds is 10. The molecule has 0 amide bonds. The first kappa shape index (κ1) is 21.1.